The van der Waals surface area contributed by atoms with Gasteiger partial charge in [-0.1, -0.05) is 54.6 Å². The molecule has 7 heteroatoms. The Bertz CT molecular complexity index is 1150. The predicted molar refractivity (Wildman–Crippen MR) is 111 cm³/mol. The van der Waals surface area contributed by atoms with Gasteiger partial charge in [-0.05, 0) is 47.4 Å². The molecule has 154 valence electrons. The standard InChI is InChI=1S/C23H21FN2O3S/c24-20-10-12-21(13-11-20)30(28,29)26-16-19-9-5-4-8-18(19)14-22(26)23(27)25-15-17-6-2-1-3-7-17/h1-13,22H,14-16H2,(H,25,27)/t22-/m1/s1. The first-order chi connectivity index (χ1) is 14.4. The van der Waals surface area contributed by atoms with Crippen molar-refractivity contribution in [3.8, 4) is 0 Å². The Morgan fingerprint density at radius 3 is 2.27 bits per heavy atom. The number of nitrogens with zero attached hydrogens (tertiary/aromatic N) is 1. The predicted octanol–water partition coefficient (Wildman–Crippen LogP) is 3.26. The summed E-state index contributed by atoms with van der Waals surface area (Å²) in [5, 5.41) is 2.86. The number of benzene rings is 3. The monoisotopic (exact) mass is 424 g/mol. The van der Waals surface area contributed by atoms with E-state index in [4.69, 9.17) is 0 Å². The molecular weight excluding hydrogens is 403 g/mol. The first-order valence-corrected chi connectivity index (χ1v) is 11.0. The number of hydrogen-bond donors (Lipinski definition) is 1. The lowest BCUT2D eigenvalue weighted by Crippen LogP contribution is -2.52. The average Bonchev–Trinajstić information content (AvgIpc) is 2.77. The van der Waals surface area contributed by atoms with Crippen LogP contribution in [0, 0.1) is 5.82 Å². The van der Waals surface area contributed by atoms with Crippen LogP contribution in [0.4, 0.5) is 4.39 Å². The smallest absolute Gasteiger partial charge is 0.244 e. The summed E-state index contributed by atoms with van der Waals surface area (Å²) in [7, 11) is -3.99. The van der Waals surface area contributed by atoms with Gasteiger partial charge in [-0.15, -0.1) is 0 Å². The number of nitrogens with one attached hydrogen (secondary N) is 1. The summed E-state index contributed by atoms with van der Waals surface area (Å²) in [5.41, 5.74) is 2.73. The van der Waals surface area contributed by atoms with Gasteiger partial charge in [-0.3, -0.25) is 4.79 Å². The van der Waals surface area contributed by atoms with Gasteiger partial charge in [0.1, 0.15) is 11.9 Å². The van der Waals surface area contributed by atoms with Crippen LogP contribution in [-0.2, 0) is 34.3 Å². The second-order valence-electron chi connectivity index (χ2n) is 7.20. The third-order valence-electron chi connectivity index (χ3n) is 5.24. The first kappa shape index (κ1) is 20.3. The van der Waals surface area contributed by atoms with Crippen molar-refractivity contribution in [1.29, 1.82) is 0 Å². The number of halogens is 1. The quantitative estimate of drug-likeness (QED) is 0.684. The van der Waals surface area contributed by atoms with E-state index in [2.05, 4.69) is 5.32 Å². The maximum atomic E-state index is 13.3. The molecule has 1 atom stereocenters. The SMILES string of the molecule is O=C(NCc1ccccc1)[C@H]1Cc2ccccc2CN1S(=O)(=O)c1ccc(F)cc1. The summed E-state index contributed by atoms with van der Waals surface area (Å²) in [6.45, 7) is 0.390. The minimum absolute atomic E-state index is 0.0378. The van der Waals surface area contributed by atoms with Crippen molar-refractivity contribution in [1.82, 2.24) is 9.62 Å². The summed E-state index contributed by atoms with van der Waals surface area (Å²) < 4.78 is 41.2. The van der Waals surface area contributed by atoms with Crippen LogP contribution in [0.5, 0.6) is 0 Å². The summed E-state index contributed by atoms with van der Waals surface area (Å²) in [6.07, 6.45) is 0.275. The molecule has 3 aromatic rings. The fourth-order valence-electron chi connectivity index (χ4n) is 3.62. The van der Waals surface area contributed by atoms with Crippen molar-refractivity contribution in [2.45, 2.75) is 30.4 Å². The van der Waals surface area contributed by atoms with E-state index in [-0.39, 0.29) is 23.8 Å². The van der Waals surface area contributed by atoms with Crippen LogP contribution < -0.4 is 5.32 Å². The molecule has 1 N–H and O–H groups in total. The lowest BCUT2D eigenvalue weighted by Gasteiger charge is -2.35. The molecule has 0 saturated carbocycles. The molecule has 0 aliphatic carbocycles. The van der Waals surface area contributed by atoms with Gasteiger partial charge in [-0.2, -0.15) is 4.31 Å². The number of carbonyl (C=O) groups excluding carboxylic acids is 1. The largest absolute Gasteiger partial charge is 0.351 e. The van der Waals surface area contributed by atoms with Crippen LogP contribution in [0.25, 0.3) is 0 Å². The normalized spacial score (nSPS) is 16.6. The number of sulfonamides is 1. The molecule has 0 radical (unpaired) electrons. The lowest BCUT2D eigenvalue weighted by molar-refractivity contribution is -0.125. The Morgan fingerprint density at radius 2 is 1.57 bits per heavy atom. The highest BCUT2D eigenvalue weighted by Crippen LogP contribution is 2.29. The van der Waals surface area contributed by atoms with Crippen molar-refractivity contribution < 1.29 is 17.6 Å². The zero-order valence-corrected chi connectivity index (χ0v) is 17.0. The highest BCUT2D eigenvalue weighted by molar-refractivity contribution is 7.89. The fourth-order valence-corrected chi connectivity index (χ4v) is 5.19. The molecule has 1 aliphatic heterocycles. The van der Waals surface area contributed by atoms with Crippen molar-refractivity contribution in [3.63, 3.8) is 0 Å². The highest BCUT2D eigenvalue weighted by atomic mass is 32.2. The van der Waals surface area contributed by atoms with Crippen LogP contribution in [0.2, 0.25) is 0 Å². The van der Waals surface area contributed by atoms with Gasteiger partial charge in [-0.25, -0.2) is 12.8 Å². The van der Waals surface area contributed by atoms with E-state index in [1.807, 2.05) is 54.6 Å². The number of amides is 1. The zero-order valence-electron chi connectivity index (χ0n) is 16.2. The van der Waals surface area contributed by atoms with Crippen molar-refractivity contribution in [3.05, 3.63) is 101 Å². The van der Waals surface area contributed by atoms with Crippen molar-refractivity contribution in [2.24, 2.45) is 0 Å². The number of rotatable bonds is 5. The first-order valence-electron chi connectivity index (χ1n) is 9.61. The average molecular weight is 424 g/mol. The Morgan fingerprint density at radius 1 is 0.933 bits per heavy atom. The van der Waals surface area contributed by atoms with Gasteiger partial charge in [0.2, 0.25) is 15.9 Å². The van der Waals surface area contributed by atoms with E-state index < -0.39 is 21.9 Å². The van der Waals surface area contributed by atoms with E-state index in [0.29, 0.717) is 6.54 Å². The molecule has 0 spiro atoms. The minimum atomic E-state index is -3.99. The molecule has 1 aliphatic rings. The van der Waals surface area contributed by atoms with E-state index in [0.717, 1.165) is 28.8 Å². The molecule has 1 heterocycles. The Labute approximate surface area is 175 Å². The molecule has 0 bridgehead atoms. The summed E-state index contributed by atoms with van der Waals surface area (Å²) in [6, 6.07) is 20.7. The van der Waals surface area contributed by atoms with Crippen LogP contribution in [0.1, 0.15) is 16.7 Å². The summed E-state index contributed by atoms with van der Waals surface area (Å²) in [4.78, 5) is 13.0. The van der Waals surface area contributed by atoms with Gasteiger partial charge in [0.25, 0.3) is 0 Å². The maximum Gasteiger partial charge on any atom is 0.244 e. The summed E-state index contributed by atoms with van der Waals surface area (Å²) in [5.74, 6) is -0.880. The molecule has 0 fully saturated rings. The van der Waals surface area contributed by atoms with Gasteiger partial charge in [0, 0.05) is 13.1 Å². The number of hydrogen-bond acceptors (Lipinski definition) is 3. The van der Waals surface area contributed by atoms with E-state index in [9.17, 15) is 17.6 Å². The zero-order chi connectivity index (χ0) is 21.1. The highest BCUT2D eigenvalue weighted by Gasteiger charge is 2.39. The third-order valence-corrected chi connectivity index (χ3v) is 7.11. The van der Waals surface area contributed by atoms with E-state index >= 15 is 0 Å². The molecule has 0 saturated heterocycles. The molecular formula is C23H21FN2O3S. The van der Waals surface area contributed by atoms with Gasteiger partial charge in [0.05, 0.1) is 4.90 Å². The second kappa shape index (κ2) is 8.38. The van der Waals surface area contributed by atoms with Gasteiger partial charge < -0.3 is 5.32 Å². The Hall–Kier alpha value is -3.03. The molecule has 4 rings (SSSR count). The third kappa shape index (κ3) is 4.13. The minimum Gasteiger partial charge on any atom is -0.351 e. The Balaban J connectivity index is 1.65. The molecule has 3 aromatic carbocycles. The van der Waals surface area contributed by atoms with Crippen LogP contribution in [-0.4, -0.2) is 24.7 Å². The molecule has 5 nitrogen and oxygen atoms in total. The van der Waals surface area contributed by atoms with Crippen LogP contribution >= 0.6 is 0 Å². The lowest BCUT2D eigenvalue weighted by atomic mass is 9.95. The molecule has 0 aromatic heterocycles. The molecule has 1 amide bonds. The Kier molecular flexibility index (Phi) is 5.65. The number of carbonyl (C=O) groups is 1. The van der Waals surface area contributed by atoms with Gasteiger partial charge in [0.15, 0.2) is 0 Å². The fraction of sp³-hybridized carbons (Fsp3) is 0.174. The van der Waals surface area contributed by atoms with E-state index in [1.165, 1.54) is 16.4 Å². The van der Waals surface area contributed by atoms with Crippen molar-refractivity contribution in [2.75, 3.05) is 0 Å². The van der Waals surface area contributed by atoms with Gasteiger partial charge >= 0.3 is 0 Å². The van der Waals surface area contributed by atoms with E-state index in [1.54, 1.807) is 0 Å². The molecule has 0 unspecified atom stereocenters. The maximum absolute atomic E-state index is 13.3. The van der Waals surface area contributed by atoms with Crippen LogP contribution in [0.3, 0.4) is 0 Å². The van der Waals surface area contributed by atoms with Crippen molar-refractivity contribution >= 4 is 15.9 Å². The topological polar surface area (TPSA) is 66.5 Å². The van der Waals surface area contributed by atoms with Crippen LogP contribution in [0.15, 0.2) is 83.8 Å². The summed E-state index contributed by atoms with van der Waals surface area (Å²) >= 11 is 0. The second-order valence-corrected chi connectivity index (χ2v) is 9.09. The number of fused-ring (bicyclic) bond motifs is 1. The molecule has 30 heavy (non-hydrogen) atoms.